The van der Waals surface area contributed by atoms with Crippen LogP contribution in [0.25, 0.3) is 11.1 Å². The first-order chi connectivity index (χ1) is 7.81. The van der Waals surface area contributed by atoms with Crippen LogP contribution in [0.2, 0.25) is 0 Å². The van der Waals surface area contributed by atoms with Crippen molar-refractivity contribution in [3.05, 3.63) is 48.2 Å². The Morgan fingerprint density at radius 1 is 1.25 bits per heavy atom. The molecule has 16 heavy (non-hydrogen) atoms. The molecule has 0 aliphatic heterocycles. The summed E-state index contributed by atoms with van der Waals surface area (Å²) in [6.07, 6.45) is 3.27. The van der Waals surface area contributed by atoms with Crippen LogP contribution in [0.15, 0.2) is 41.2 Å². The predicted octanol–water partition coefficient (Wildman–Crippen LogP) is 3.20. The molecular formula is C13H14FNO. The highest BCUT2D eigenvalue weighted by molar-refractivity contribution is 5.62. The Hall–Kier alpha value is -1.61. The molecule has 0 atom stereocenters. The van der Waals surface area contributed by atoms with Crippen molar-refractivity contribution in [2.75, 3.05) is 6.54 Å². The van der Waals surface area contributed by atoms with Crippen molar-refractivity contribution in [2.24, 2.45) is 0 Å². The highest BCUT2D eigenvalue weighted by Crippen LogP contribution is 2.22. The maximum absolute atomic E-state index is 13.5. The van der Waals surface area contributed by atoms with Gasteiger partial charge in [0.05, 0.1) is 12.5 Å². The van der Waals surface area contributed by atoms with E-state index in [0.29, 0.717) is 12.1 Å². The van der Waals surface area contributed by atoms with Gasteiger partial charge in [-0.2, -0.15) is 0 Å². The fraction of sp³-hybridized carbons (Fsp3) is 0.231. The second-order valence-corrected chi connectivity index (χ2v) is 3.60. The molecule has 1 N–H and O–H groups in total. The van der Waals surface area contributed by atoms with Crippen molar-refractivity contribution >= 4 is 0 Å². The molecule has 0 spiro atoms. The third-order valence-corrected chi connectivity index (χ3v) is 2.47. The maximum Gasteiger partial charge on any atom is 0.127 e. The van der Waals surface area contributed by atoms with Crippen LogP contribution in [-0.4, -0.2) is 6.54 Å². The SMILES string of the molecule is CCNCc1cc(-c2ccoc2)ccc1F. The molecule has 1 aromatic heterocycles. The van der Waals surface area contributed by atoms with Crippen LogP contribution < -0.4 is 5.32 Å². The highest BCUT2D eigenvalue weighted by atomic mass is 19.1. The van der Waals surface area contributed by atoms with Gasteiger partial charge in [0.2, 0.25) is 0 Å². The molecule has 0 unspecified atom stereocenters. The van der Waals surface area contributed by atoms with Gasteiger partial charge in [0.1, 0.15) is 5.82 Å². The zero-order chi connectivity index (χ0) is 11.4. The van der Waals surface area contributed by atoms with E-state index in [4.69, 9.17) is 4.42 Å². The number of furan rings is 1. The van der Waals surface area contributed by atoms with Gasteiger partial charge in [0.15, 0.2) is 0 Å². The molecule has 2 aromatic rings. The first kappa shape index (κ1) is 10.9. The Labute approximate surface area is 94.1 Å². The normalized spacial score (nSPS) is 10.6. The van der Waals surface area contributed by atoms with Gasteiger partial charge in [-0.15, -0.1) is 0 Å². The minimum atomic E-state index is -0.173. The zero-order valence-electron chi connectivity index (χ0n) is 9.16. The molecule has 1 heterocycles. The topological polar surface area (TPSA) is 25.2 Å². The van der Waals surface area contributed by atoms with Gasteiger partial charge in [0, 0.05) is 17.7 Å². The summed E-state index contributed by atoms with van der Waals surface area (Å²) in [5.74, 6) is -0.173. The number of hydrogen-bond acceptors (Lipinski definition) is 2. The van der Waals surface area contributed by atoms with Crippen molar-refractivity contribution in [1.82, 2.24) is 5.32 Å². The lowest BCUT2D eigenvalue weighted by molar-refractivity contribution is 0.568. The van der Waals surface area contributed by atoms with E-state index in [2.05, 4.69) is 5.32 Å². The third-order valence-electron chi connectivity index (χ3n) is 2.47. The van der Waals surface area contributed by atoms with Gasteiger partial charge in [-0.3, -0.25) is 0 Å². The van der Waals surface area contributed by atoms with Crippen LogP contribution in [0.3, 0.4) is 0 Å². The monoisotopic (exact) mass is 219 g/mol. The summed E-state index contributed by atoms with van der Waals surface area (Å²) < 4.78 is 18.5. The molecule has 84 valence electrons. The van der Waals surface area contributed by atoms with Gasteiger partial charge in [-0.1, -0.05) is 13.0 Å². The molecule has 1 aromatic carbocycles. The van der Waals surface area contributed by atoms with E-state index < -0.39 is 0 Å². The molecule has 2 nitrogen and oxygen atoms in total. The van der Waals surface area contributed by atoms with Crippen molar-refractivity contribution in [3.63, 3.8) is 0 Å². The quantitative estimate of drug-likeness (QED) is 0.854. The molecule has 0 aliphatic rings. The Morgan fingerprint density at radius 2 is 2.12 bits per heavy atom. The lowest BCUT2D eigenvalue weighted by Gasteiger charge is -2.06. The highest BCUT2D eigenvalue weighted by Gasteiger charge is 2.05. The molecule has 0 saturated carbocycles. The Bertz CT molecular complexity index is 451. The van der Waals surface area contributed by atoms with Crippen molar-refractivity contribution < 1.29 is 8.81 Å². The maximum atomic E-state index is 13.5. The molecule has 3 heteroatoms. The van der Waals surface area contributed by atoms with E-state index in [1.54, 1.807) is 18.6 Å². The van der Waals surface area contributed by atoms with Crippen molar-refractivity contribution in [3.8, 4) is 11.1 Å². The molecule has 0 saturated heterocycles. The number of hydrogen-bond donors (Lipinski definition) is 1. The summed E-state index contributed by atoms with van der Waals surface area (Å²) in [5, 5.41) is 3.11. The smallest absolute Gasteiger partial charge is 0.127 e. The molecule has 2 rings (SSSR count). The molecular weight excluding hydrogens is 205 g/mol. The first-order valence-electron chi connectivity index (χ1n) is 5.33. The minimum Gasteiger partial charge on any atom is -0.472 e. The van der Waals surface area contributed by atoms with Gasteiger partial charge < -0.3 is 9.73 Å². The van der Waals surface area contributed by atoms with Crippen molar-refractivity contribution in [2.45, 2.75) is 13.5 Å². The average molecular weight is 219 g/mol. The number of rotatable bonds is 4. The summed E-state index contributed by atoms with van der Waals surface area (Å²) in [7, 11) is 0. The predicted molar refractivity (Wildman–Crippen MR) is 61.5 cm³/mol. The Balaban J connectivity index is 2.28. The molecule has 0 radical (unpaired) electrons. The van der Waals surface area contributed by atoms with E-state index in [-0.39, 0.29) is 5.82 Å². The van der Waals surface area contributed by atoms with Gasteiger partial charge in [-0.25, -0.2) is 4.39 Å². The second kappa shape index (κ2) is 4.94. The Morgan fingerprint density at radius 3 is 2.81 bits per heavy atom. The van der Waals surface area contributed by atoms with Gasteiger partial charge in [-0.05, 0) is 30.3 Å². The minimum absolute atomic E-state index is 0.173. The number of nitrogens with one attached hydrogen (secondary N) is 1. The number of halogens is 1. The molecule has 0 bridgehead atoms. The van der Waals surface area contributed by atoms with Crippen LogP contribution >= 0.6 is 0 Å². The van der Waals surface area contributed by atoms with Crippen LogP contribution in [0.5, 0.6) is 0 Å². The summed E-state index contributed by atoms with van der Waals surface area (Å²) in [4.78, 5) is 0. The van der Waals surface area contributed by atoms with E-state index in [1.165, 1.54) is 6.07 Å². The summed E-state index contributed by atoms with van der Waals surface area (Å²) >= 11 is 0. The van der Waals surface area contributed by atoms with E-state index in [1.807, 2.05) is 19.1 Å². The fourth-order valence-corrected chi connectivity index (χ4v) is 1.58. The third kappa shape index (κ3) is 2.31. The lowest BCUT2D eigenvalue weighted by atomic mass is 10.1. The van der Waals surface area contributed by atoms with Gasteiger partial charge in [0.25, 0.3) is 0 Å². The summed E-state index contributed by atoms with van der Waals surface area (Å²) in [6, 6.07) is 6.97. The second-order valence-electron chi connectivity index (χ2n) is 3.60. The van der Waals surface area contributed by atoms with Gasteiger partial charge >= 0.3 is 0 Å². The lowest BCUT2D eigenvalue weighted by Crippen LogP contribution is -2.12. The van der Waals surface area contributed by atoms with Crippen LogP contribution in [-0.2, 0) is 6.54 Å². The summed E-state index contributed by atoms with van der Waals surface area (Å²) in [5.41, 5.74) is 2.63. The standard InChI is InChI=1S/C13H14FNO/c1-2-15-8-12-7-10(3-4-13(12)14)11-5-6-16-9-11/h3-7,9,15H,2,8H2,1H3. The fourth-order valence-electron chi connectivity index (χ4n) is 1.58. The van der Waals surface area contributed by atoms with E-state index in [0.717, 1.165) is 17.7 Å². The molecule has 0 fully saturated rings. The molecule has 0 aliphatic carbocycles. The first-order valence-corrected chi connectivity index (χ1v) is 5.33. The van der Waals surface area contributed by atoms with Crippen LogP contribution in [0.1, 0.15) is 12.5 Å². The summed E-state index contributed by atoms with van der Waals surface area (Å²) in [6.45, 7) is 3.38. The van der Waals surface area contributed by atoms with E-state index >= 15 is 0 Å². The largest absolute Gasteiger partial charge is 0.472 e. The van der Waals surface area contributed by atoms with E-state index in [9.17, 15) is 4.39 Å². The average Bonchev–Trinajstić information content (AvgIpc) is 2.81. The van der Waals surface area contributed by atoms with Crippen LogP contribution in [0, 0.1) is 5.82 Å². The number of benzene rings is 1. The Kier molecular flexibility index (Phi) is 3.37. The van der Waals surface area contributed by atoms with Crippen molar-refractivity contribution in [1.29, 1.82) is 0 Å². The zero-order valence-corrected chi connectivity index (χ0v) is 9.16. The van der Waals surface area contributed by atoms with Crippen LogP contribution in [0.4, 0.5) is 4.39 Å². The molecule has 0 amide bonds.